The minimum Gasteiger partial charge on any atom is -0.394 e. The van der Waals surface area contributed by atoms with E-state index < -0.39 is 9.28 Å². The van der Waals surface area contributed by atoms with Gasteiger partial charge in [0.05, 0.1) is 32.5 Å². The third-order valence-electron chi connectivity index (χ3n) is 1.67. The molecule has 5 nitrogen and oxygen atoms in total. The molecular formula is C9H19NO4Si. The smallest absolute Gasteiger partial charge is 0.322 e. The highest BCUT2D eigenvalue weighted by molar-refractivity contribution is 6.44. The molecule has 0 rings (SSSR count). The average Bonchev–Trinajstić information content (AvgIpc) is 2.25. The van der Waals surface area contributed by atoms with Gasteiger partial charge in [-0.1, -0.05) is 0 Å². The van der Waals surface area contributed by atoms with Crippen LogP contribution in [0.1, 0.15) is 6.42 Å². The van der Waals surface area contributed by atoms with Gasteiger partial charge >= 0.3 is 9.28 Å². The van der Waals surface area contributed by atoms with E-state index in [-0.39, 0.29) is 0 Å². The Labute approximate surface area is 92.7 Å². The van der Waals surface area contributed by atoms with Gasteiger partial charge in [0.25, 0.3) is 0 Å². The van der Waals surface area contributed by atoms with E-state index in [4.69, 9.17) is 23.6 Å². The lowest BCUT2D eigenvalue weighted by molar-refractivity contribution is 0.0997. The molecule has 0 aromatic rings. The van der Waals surface area contributed by atoms with E-state index in [1.165, 1.54) is 0 Å². The molecule has 15 heavy (non-hydrogen) atoms. The number of ether oxygens (including phenoxy) is 2. The molecule has 0 saturated carbocycles. The van der Waals surface area contributed by atoms with E-state index in [9.17, 15) is 0 Å². The van der Waals surface area contributed by atoms with Gasteiger partial charge in [-0.2, -0.15) is 5.26 Å². The molecule has 0 amide bonds. The van der Waals surface area contributed by atoms with Crippen molar-refractivity contribution in [3.63, 3.8) is 0 Å². The predicted octanol–water partition coefficient (Wildman–Crippen LogP) is 0.447. The van der Waals surface area contributed by atoms with E-state index >= 15 is 0 Å². The quantitative estimate of drug-likeness (QED) is 0.405. The highest BCUT2D eigenvalue weighted by atomic mass is 28.3. The minimum atomic E-state index is -1.70. The Balaban J connectivity index is 3.59. The molecule has 0 aliphatic rings. The summed E-state index contributed by atoms with van der Waals surface area (Å²) in [5, 5.41) is 8.47. The molecule has 0 N–H and O–H groups in total. The fourth-order valence-electron chi connectivity index (χ4n) is 0.923. The van der Waals surface area contributed by atoms with Gasteiger partial charge in [0, 0.05) is 26.7 Å². The Morgan fingerprint density at radius 2 is 1.53 bits per heavy atom. The van der Waals surface area contributed by atoms with Gasteiger partial charge < -0.3 is 18.3 Å². The second-order valence-corrected chi connectivity index (χ2v) is 4.96. The van der Waals surface area contributed by atoms with Crippen LogP contribution in [0.15, 0.2) is 0 Å². The van der Waals surface area contributed by atoms with Crippen LogP contribution in [0.3, 0.4) is 0 Å². The number of methoxy groups -OCH3 is 2. The normalized spacial score (nSPS) is 10.5. The maximum absolute atomic E-state index is 8.47. The van der Waals surface area contributed by atoms with Crippen molar-refractivity contribution < 1.29 is 18.3 Å². The van der Waals surface area contributed by atoms with E-state index in [0.717, 1.165) is 0 Å². The summed E-state index contributed by atoms with van der Waals surface area (Å²) in [5.74, 6) is 0. The van der Waals surface area contributed by atoms with Crippen molar-refractivity contribution in [2.45, 2.75) is 12.5 Å². The lowest BCUT2D eigenvalue weighted by Gasteiger charge is -2.15. The topological polar surface area (TPSA) is 60.7 Å². The van der Waals surface area contributed by atoms with Crippen molar-refractivity contribution in [2.24, 2.45) is 0 Å². The van der Waals surface area contributed by atoms with Gasteiger partial charge in [-0.05, 0) is 0 Å². The Hall–Kier alpha value is -0.453. The summed E-state index contributed by atoms with van der Waals surface area (Å²) in [5.41, 5.74) is 0. The molecule has 0 aromatic carbocycles. The monoisotopic (exact) mass is 233 g/mol. The summed E-state index contributed by atoms with van der Waals surface area (Å²) in [4.78, 5) is 0. The van der Waals surface area contributed by atoms with Crippen LogP contribution in [0.2, 0.25) is 6.04 Å². The van der Waals surface area contributed by atoms with Crippen molar-refractivity contribution in [1.29, 1.82) is 5.26 Å². The molecule has 0 unspecified atom stereocenters. The number of hydrogen-bond acceptors (Lipinski definition) is 5. The van der Waals surface area contributed by atoms with Gasteiger partial charge in [0.2, 0.25) is 0 Å². The van der Waals surface area contributed by atoms with Crippen molar-refractivity contribution in [1.82, 2.24) is 0 Å². The number of nitriles is 1. The average molecular weight is 233 g/mol. The zero-order chi connectivity index (χ0) is 11.4. The summed E-state index contributed by atoms with van der Waals surface area (Å²) in [6, 6.07) is 2.80. The second-order valence-electron chi connectivity index (χ2n) is 2.85. The Morgan fingerprint density at radius 1 is 1.00 bits per heavy atom. The third kappa shape index (κ3) is 9.84. The van der Waals surface area contributed by atoms with Crippen molar-refractivity contribution in [2.75, 3.05) is 40.6 Å². The van der Waals surface area contributed by atoms with Crippen LogP contribution in [0, 0.1) is 11.3 Å². The largest absolute Gasteiger partial charge is 0.394 e. The molecule has 6 heteroatoms. The lowest BCUT2D eigenvalue weighted by Crippen LogP contribution is -2.26. The van der Waals surface area contributed by atoms with Crippen LogP contribution in [0.4, 0.5) is 0 Å². The van der Waals surface area contributed by atoms with Crippen molar-refractivity contribution in [3.05, 3.63) is 0 Å². The summed E-state index contributed by atoms with van der Waals surface area (Å²) in [6.45, 7) is 2.19. The van der Waals surface area contributed by atoms with Crippen LogP contribution in [-0.2, 0) is 18.3 Å². The number of nitrogens with zero attached hydrogens (tertiary/aromatic N) is 1. The molecule has 0 spiro atoms. The Bertz CT molecular complexity index is 164. The van der Waals surface area contributed by atoms with E-state index in [2.05, 4.69) is 6.07 Å². The van der Waals surface area contributed by atoms with Gasteiger partial charge in [-0.15, -0.1) is 0 Å². The number of rotatable bonds is 10. The summed E-state index contributed by atoms with van der Waals surface area (Å²) in [7, 11) is 1.55. The second kappa shape index (κ2) is 11.6. The van der Waals surface area contributed by atoms with E-state index in [1.807, 2.05) is 0 Å². The maximum Gasteiger partial charge on any atom is 0.322 e. The fraction of sp³-hybridized carbons (Fsp3) is 0.889. The summed E-state index contributed by atoms with van der Waals surface area (Å²) < 4.78 is 20.8. The van der Waals surface area contributed by atoms with Gasteiger partial charge in [-0.3, -0.25) is 0 Å². The molecule has 0 atom stereocenters. The highest BCUT2D eigenvalue weighted by Gasteiger charge is 2.12. The zero-order valence-electron chi connectivity index (χ0n) is 9.40. The molecule has 0 aliphatic heterocycles. The Kier molecular flexibility index (Phi) is 11.3. The van der Waals surface area contributed by atoms with Crippen molar-refractivity contribution in [3.8, 4) is 6.07 Å². The van der Waals surface area contributed by atoms with E-state index in [0.29, 0.717) is 38.9 Å². The molecule has 0 fully saturated rings. The third-order valence-corrected chi connectivity index (χ3v) is 3.65. The molecule has 0 aliphatic carbocycles. The zero-order valence-corrected chi connectivity index (χ0v) is 10.6. The first-order valence-corrected chi connectivity index (χ1v) is 6.69. The van der Waals surface area contributed by atoms with Crippen LogP contribution < -0.4 is 0 Å². The highest BCUT2D eigenvalue weighted by Crippen LogP contribution is 2.01. The fourth-order valence-corrected chi connectivity index (χ4v) is 2.44. The van der Waals surface area contributed by atoms with Crippen LogP contribution in [-0.4, -0.2) is 49.9 Å². The van der Waals surface area contributed by atoms with Gasteiger partial charge in [-0.25, -0.2) is 0 Å². The molecule has 0 radical (unpaired) electrons. The Morgan fingerprint density at radius 3 is 1.93 bits per heavy atom. The molecule has 0 heterocycles. The SMILES string of the molecule is COCCO[SiH](CCC#N)OCCOC. The van der Waals surface area contributed by atoms with Crippen molar-refractivity contribution >= 4 is 9.28 Å². The first-order chi connectivity index (χ1) is 7.35. The molecular weight excluding hydrogens is 214 g/mol. The van der Waals surface area contributed by atoms with Crippen LogP contribution >= 0.6 is 0 Å². The van der Waals surface area contributed by atoms with E-state index in [1.54, 1.807) is 14.2 Å². The first kappa shape index (κ1) is 14.5. The van der Waals surface area contributed by atoms with Crippen LogP contribution in [0.5, 0.6) is 0 Å². The standard InChI is InChI=1S/C9H19NO4Si/c1-11-5-7-13-15(9-3-4-10)14-8-6-12-2/h15H,3,5-9H2,1-2H3. The molecule has 0 bridgehead atoms. The van der Waals surface area contributed by atoms with Gasteiger partial charge in [0.15, 0.2) is 0 Å². The minimum absolute atomic E-state index is 0.483. The maximum atomic E-state index is 8.47. The molecule has 0 saturated heterocycles. The lowest BCUT2D eigenvalue weighted by atomic mass is 10.6. The van der Waals surface area contributed by atoms with Crippen LogP contribution in [0.25, 0.3) is 0 Å². The summed E-state index contributed by atoms with van der Waals surface area (Å²) in [6.07, 6.45) is 0.483. The number of hydrogen-bond donors (Lipinski definition) is 0. The van der Waals surface area contributed by atoms with Gasteiger partial charge in [0.1, 0.15) is 0 Å². The molecule has 0 aromatic heterocycles. The first-order valence-electron chi connectivity index (χ1n) is 4.93. The molecule has 88 valence electrons. The predicted molar refractivity (Wildman–Crippen MR) is 57.8 cm³/mol. The summed E-state index contributed by atoms with van der Waals surface area (Å²) >= 11 is 0.